The first kappa shape index (κ1) is 8.48. The van der Waals surface area contributed by atoms with Crippen LogP contribution < -0.4 is 5.32 Å². The second-order valence-electron chi connectivity index (χ2n) is 4.05. The first-order valence-corrected chi connectivity index (χ1v) is 4.24. The molecule has 1 aromatic carbocycles. The van der Waals surface area contributed by atoms with Gasteiger partial charge >= 0.3 is 0 Å². The number of fused-ring (bicyclic) bond motifs is 1. The van der Waals surface area contributed by atoms with Gasteiger partial charge in [0, 0.05) is 18.0 Å². The van der Waals surface area contributed by atoms with Crippen LogP contribution in [-0.4, -0.2) is 6.54 Å². The number of hydrogen-bond acceptors (Lipinski definition) is 1. The summed E-state index contributed by atoms with van der Waals surface area (Å²) in [4.78, 5) is 0. The van der Waals surface area contributed by atoms with E-state index in [1.165, 1.54) is 6.07 Å². The molecule has 1 aliphatic rings. The van der Waals surface area contributed by atoms with Crippen molar-refractivity contribution in [1.82, 2.24) is 0 Å². The molecule has 0 atom stereocenters. The maximum absolute atomic E-state index is 13.2. The molecule has 0 bridgehead atoms. The number of halogens is 2. The van der Waals surface area contributed by atoms with Crippen LogP contribution in [0, 0.1) is 11.6 Å². The molecule has 1 nitrogen and oxygen atoms in total. The average Bonchev–Trinajstić information content (AvgIpc) is 2.28. The predicted octanol–water partition coefficient (Wildman–Crippen LogP) is 2.67. The van der Waals surface area contributed by atoms with Crippen LogP contribution in [0.3, 0.4) is 0 Å². The topological polar surface area (TPSA) is 12.0 Å². The van der Waals surface area contributed by atoms with E-state index in [9.17, 15) is 8.78 Å². The zero-order valence-corrected chi connectivity index (χ0v) is 7.62. The molecule has 3 heteroatoms. The maximum atomic E-state index is 13.2. The minimum absolute atomic E-state index is 0.182. The Labute approximate surface area is 75.8 Å². The third kappa shape index (κ3) is 1.19. The van der Waals surface area contributed by atoms with E-state index in [1.54, 1.807) is 0 Å². The molecule has 2 rings (SSSR count). The number of benzene rings is 1. The third-order valence-electron chi connectivity index (χ3n) is 2.49. The molecule has 0 spiro atoms. The van der Waals surface area contributed by atoms with E-state index in [0.717, 1.165) is 11.6 Å². The predicted molar refractivity (Wildman–Crippen MR) is 47.9 cm³/mol. The minimum Gasteiger partial charge on any atom is -0.382 e. The van der Waals surface area contributed by atoms with Crippen molar-refractivity contribution in [2.45, 2.75) is 19.3 Å². The molecule has 13 heavy (non-hydrogen) atoms. The number of hydrogen-bond donors (Lipinski definition) is 1. The second kappa shape index (κ2) is 2.44. The fourth-order valence-electron chi connectivity index (χ4n) is 1.69. The Balaban J connectivity index is 2.65. The zero-order valence-electron chi connectivity index (χ0n) is 7.62. The van der Waals surface area contributed by atoms with Gasteiger partial charge in [-0.1, -0.05) is 13.8 Å². The Kier molecular flexibility index (Phi) is 1.59. The van der Waals surface area contributed by atoms with Crippen LogP contribution >= 0.6 is 0 Å². The zero-order chi connectivity index (χ0) is 9.64. The molecule has 0 fully saturated rings. The van der Waals surface area contributed by atoms with Gasteiger partial charge in [-0.25, -0.2) is 8.78 Å². The van der Waals surface area contributed by atoms with Crippen molar-refractivity contribution in [2.75, 3.05) is 11.9 Å². The summed E-state index contributed by atoms with van der Waals surface area (Å²) < 4.78 is 26.1. The first-order valence-electron chi connectivity index (χ1n) is 4.24. The Morgan fingerprint density at radius 1 is 1.31 bits per heavy atom. The van der Waals surface area contributed by atoms with Crippen LogP contribution in [0.1, 0.15) is 19.4 Å². The highest BCUT2D eigenvalue weighted by molar-refractivity contribution is 5.60. The second-order valence-corrected chi connectivity index (χ2v) is 4.05. The lowest BCUT2D eigenvalue weighted by Crippen LogP contribution is -2.18. The molecule has 0 saturated carbocycles. The van der Waals surface area contributed by atoms with Gasteiger partial charge in [0.15, 0.2) is 0 Å². The van der Waals surface area contributed by atoms with Crippen LogP contribution in [0.25, 0.3) is 0 Å². The number of nitrogens with one attached hydrogen (secondary N) is 1. The Hall–Kier alpha value is -1.12. The number of rotatable bonds is 0. The summed E-state index contributed by atoms with van der Waals surface area (Å²) in [5, 5.41) is 2.94. The molecule has 0 aromatic heterocycles. The van der Waals surface area contributed by atoms with E-state index in [4.69, 9.17) is 0 Å². The molecular formula is C10H11F2N. The monoisotopic (exact) mass is 183 g/mol. The summed E-state index contributed by atoms with van der Waals surface area (Å²) in [5.41, 5.74) is 0.995. The summed E-state index contributed by atoms with van der Waals surface area (Å²) >= 11 is 0. The summed E-state index contributed by atoms with van der Waals surface area (Å²) in [6, 6.07) is 2.31. The quantitative estimate of drug-likeness (QED) is 0.652. The van der Waals surface area contributed by atoms with Gasteiger partial charge in [0.2, 0.25) is 0 Å². The van der Waals surface area contributed by atoms with Crippen molar-refractivity contribution in [3.8, 4) is 0 Å². The van der Waals surface area contributed by atoms with Crippen molar-refractivity contribution in [3.63, 3.8) is 0 Å². The molecule has 0 aliphatic carbocycles. The van der Waals surface area contributed by atoms with E-state index >= 15 is 0 Å². The highest BCUT2D eigenvalue weighted by atomic mass is 19.1. The molecule has 0 radical (unpaired) electrons. The molecule has 0 saturated heterocycles. The Morgan fingerprint density at radius 2 is 2.00 bits per heavy atom. The summed E-state index contributed by atoms with van der Waals surface area (Å²) in [6.45, 7) is 4.58. The van der Waals surface area contributed by atoms with Crippen molar-refractivity contribution < 1.29 is 8.78 Å². The average molecular weight is 183 g/mol. The number of anilines is 1. The third-order valence-corrected chi connectivity index (χ3v) is 2.49. The van der Waals surface area contributed by atoms with E-state index in [2.05, 4.69) is 5.32 Å². The van der Waals surface area contributed by atoms with E-state index in [-0.39, 0.29) is 5.41 Å². The van der Waals surface area contributed by atoms with Gasteiger partial charge < -0.3 is 5.32 Å². The highest BCUT2D eigenvalue weighted by Gasteiger charge is 2.32. The smallest absolute Gasteiger partial charge is 0.149 e. The molecule has 1 heterocycles. The minimum atomic E-state index is -0.506. The lowest BCUT2D eigenvalue weighted by molar-refractivity contribution is 0.561. The summed E-state index contributed by atoms with van der Waals surface area (Å²) in [5.74, 6) is -1.01. The van der Waals surface area contributed by atoms with Crippen LogP contribution in [0.4, 0.5) is 14.5 Å². The molecular weight excluding hydrogens is 172 g/mol. The van der Waals surface area contributed by atoms with Gasteiger partial charge in [-0.2, -0.15) is 0 Å². The molecule has 1 aliphatic heterocycles. The van der Waals surface area contributed by atoms with Crippen LogP contribution in [-0.2, 0) is 5.41 Å². The fraction of sp³-hybridized carbons (Fsp3) is 0.400. The van der Waals surface area contributed by atoms with Gasteiger partial charge in [0.25, 0.3) is 0 Å². The van der Waals surface area contributed by atoms with Gasteiger partial charge in [-0.05, 0) is 11.6 Å². The Morgan fingerprint density at radius 3 is 2.69 bits per heavy atom. The van der Waals surface area contributed by atoms with E-state index in [1.807, 2.05) is 13.8 Å². The molecule has 70 valence electrons. The molecule has 0 amide bonds. The maximum Gasteiger partial charge on any atom is 0.149 e. The molecule has 1 aromatic rings. The van der Waals surface area contributed by atoms with Gasteiger partial charge in [-0.3, -0.25) is 0 Å². The van der Waals surface area contributed by atoms with Crippen molar-refractivity contribution in [2.24, 2.45) is 0 Å². The highest BCUT2D eigenvalue weighted by Crippen LogP contribution is 2.38. The van der Waals surface area contributed by atoms with Crippen LogP contribution in [0.2, 0.25) is 0 Å². The van der Waals surface area contributed by atoms with Gasteiger partial charge in [0.05, 0.1) is 5.69 Å². The van der Waals surface area contributed by atoms with Crippen LogP contribution in [0.5, 0.6) is 0 Å². The van der Waals surface area contributed by atoms with E-state index < -0.39 is 11.6 Å². The summed E-state index contributed by atoms with van der Waals surface area (Å²) in [6.07, 6.45) is 0. The van der Waals surface area contributed by atoms with Crippen LogP contribution in [0.15, 0.2) is 12.1 Å². The van der Waals surface area contributed by atoms with E-state index in [0.29, 0.717) is 12.2 Å². The Bertz CT molecular complexity index is 358. The molecule has 0 unspecified atom stereocenters. The first-order chi connectivity index (χ1) is 6.00. The lowest BCUT2D eigenvalue weighted by Gasteiger charge is -2.16. The summed E-state index contributed by atoms with van der Waals surface area (Å²) in [7, 11) is 0. The lowest BCUT2D eigenvalue weighted by atomic mass is 9.87. The standard InChI is InChI=1S/C10H11F2N/c1-10(2)5-13-9-7(10)3-6(11)4-8(9)12/h3-4,13H,5H2,1-2H3. The fourth-order valence-corrected chi connectivity index (χ4v) is 1.69. The van der Waals surface area contributed by atoms with Crippen molar-refractivity contribution in [3.05, 3.63) is 29.3 Å². The largest absolute Gasteiger partial charge is 0.382 e. The van der Waals surface area contributed by atoms with Crippen molar-refractivity contribution >= 4 is 5.69 Å². The molecule has 1 N–H and O–H groups in total. The van der Waals surface area contributed by atoms with Crippen molar-refractivity contribution in [1.29, 1.82) is 0 Å². The van der Waals surface area contributed by atoms with Gasteiger partial charge in [0.1, 0.15) is 11.6 Å². The normalized spacial score (nSPS) is 18.2. The van der Waals surface area contributed by atoms with Gasteiger partial charge in [-0.15, -0.1) is 0 Å². The SMILES string of the molecule is CC1(C)CNc2c(F)cc(F)cc21.